The second kappa shape index (κ2) is 11.4. The van der Waals surface area contributed by atoms with Crippen LogP contribution in [0.5, 0.6) is 11.5 Å². The van der Waals surface area contributed by atoms with Crippen LogP contribution in [0.3, 0.4) is 0 Å². The topological polar surface area (TPSA) is 50.8 Å². The molecule has 0 fully saturated rings. The molecule has 5 nitrogen and oxygen atoms in total. The lowest BCUT2D eigenvalue weighted by atomic mass is 10.1. The fraction of sp³-hybridized carbons (Fsp3) is 0.480. The van der Waals surface area contributed by atoms with Crippen molar-refractivity contribution in [1.82, 2.24) is 10.2 Å². The molecule has 0 unspecified atom stereocenters. The van der Waals surface area contributed by atoms with Crippen LogP contribution in [0.4, 0.5) is 0 Å². The summed E-state index contributed by atoms with van der Waals surface area (Å²) in [5.41, 5.74) is 2.16. The number of benzene rings is 2. The summed E-state index contributed by atoms with van der Waals surface area (Å²) in [6.07, 6.45) is 0.825. The molecule has 0 saturated heterocycles. The number of nitrogens with one attached hydrogen (secondary N) is 1. The highest BCUT2D eigenvalue weighted by Gasteiger charge is 2.23. The van der Waals surface area contributed by atoms with Crippen LogP contribution in [-0.2, 0) is 17.9 Å². The molecule has 6 heteroatoms. The molecule has 168 valence electrons. The molecule has 0 bridgehead atoms. The van der Waals surface area contributed by atoms with Gasteiger partial charge >= 0.3 is 0 Å². The number of amides is 1. The van der Waals surface area contributed by atoms with Gasteiger partial charge in [0, 0.05) is 38.5 Å². The maximum absolute atomic E-state index is 13.3. The molecule has 1 atom stereocenters. The molecule has 0 aromatic heterocycles. The van der Waals surface area contributed by atoms with Gasteiger partial charge in [-0.1, -0.05) is 62.7 Å². The molecule has 31 heavy (non-hydrogen) atoms. The quantitative estimate of drug-likeness (QED) is 0.596. The van der Waals surface area contributed by atoms with Gasteiger partial charge in [0.15, 0.2) is 11.5 Å². The number of nitrogens with zero attached hydrogens (tertiary/aromatic N) is 1. The van der Waals surface area contributed by atoms with Crippen LogP contribution in [0.15, 0.2) is 42.5 Å². The third kappa shape index (κ3) is 6.88. The number of hydrogen-bond acceptors (Lipinski definition) is 4. The van der Waals surface area contributed by atoms with E-state index < -0.39 is 0 Å². The van der Waals surface area contributed by atoms with Crippen molar-refractivity contribution in [2.24, 2.45) is 11.8 Å². The Kier molecular flexibility index (Phi) is 8.61. The Hall–Kier alpha value is -2.24. The van der Waals surface area contributed by atoms with Gasteiger partial charge in [-0.2, -0.15) is 0 Å². The number of carbonyl (C=O) groups excluding carboxylic acids is 1. The largest absolute Gasteiger partial charge is 0.489 e. The van der Waals surface area contributed by atoms with Gasteiger partial charge in [0.2, 0.25) is 5.91 Å². The van der Waals surface area contributed by atoms with E-state index in [1.807, 2.05) is 42.2 Å². The molecule has 0 radical (unpaired) electrons. The molecule has 2 aromatic carbocycles. The van der Waals surface area contributed by atoms with E-state index in [0.717, 1.165) is 18.5 Å². The molecule has 0 saturated carbocycles. The van der Waals surface area contributed by atoms with Gasteiger partial charge in [-0.15, -0.1) is 0 Å². The highest BCUT2D eigenvalue weighted by Crippen LogP contribution is 2.38. The first-order valence-corrected chi connectivity index (χ1v) is 11.4. The minimum absolute atomic E-state index is 0.127. The Bertz CT molecular complexity index is 857. The fourth-order valence-electron chi connectivity index (χ4n) is 3.70. The number of fused-ring (bicyclic) bond motifs is 1. The minimum Gasteiger partial charge on any atom is -0.489 e. The van der Waals surface area contributed by atoms with E-state index in [9.17, 15) is 4.79 Å². The molecule has 0 aliphatic carbocycles. The molecule has 1 N–H and O–H groups in total. The zero-order valence-electron chi connectivity index (χ0n) is 18.7. The zero-order valence-corrected chi connectivity index (χ0v) is 19.5. The third-order valence-electron chi connectivity index (χ3n) is 5.18. The van der Waals surface area contributed by atoms with Crippen molar-refractivity contribution in [1.29, 1.82) is 0 Å². The van der Waals surface area contributed by atoms with Crippen LogP contribution in [-0.4, -0.2) is 37.1 Å². The van der Waals surface area contributed by atoms with Crippen molar-refractivity contribution < 1.29 is 14.3 Å². The van der Waals surface area contributed by atoms with E-state index in [1.54, 1.807) is 0 Å². The molecule has 0 spiro atoms. The Morgan fingerprint density at radius 2 is 1.84 bits per heavy atom. The summed E-state index contributed by atoms with van der Waals surface area (Å²) in [5, 5.41) is 3.94. The molecule has 2 aromatic rings. The fourth-order valence-corrected chi connectivity index (χ4v) is 3.98. The first kappa shape index (κ1) is 23.4. The number of ether oxygens (including phenoxy) is 2. The summed E-state index contributed by atoms with van der Waals surface area (Å²) < 4.78 is 11.5. The van der Waals surface area contributed by atoms with Crippen LogP contribution >= 0.6 is 11.6 Å². The van der Waals surface area contributed by atoms with E-state index in [2.05, 4.69) is 31.3 Å². The predicted molar refractivity (Wildman–Crippen MR) is 125 cm³/mol. The molecule has 1 aliphatic heterocycles. The molecular formula is C25H33ClN2O3. The number of halogens is 1. The van der Waals surface area contributed by atoms with E-state index in [-0.39, 0.29) is 11.8 Å². The smallest absolute Gasteiger partial charge is 0.226 e. The van der Waals surface area contributed by atoms with Crippen molar-refractivity contribution in [3.63, 3.8) is 0 Å². The second-order valence-electron chi connectivity index (χ2n) is 8.59. The van der Waals surface area contributed by atoms with Crippen LogP contribution in [0, 0.1) is 11.8 Å². The maximum atomic E-state index is 13.3. The Morgan fingerprint density at radius 3 is 2.58 bits per heavy atom. The SMILES string of the molecule is CC(C)CN(Cc1cc(Cl)c2c(c1)OCCCO2)C(=O)[C@H](C)CNCc1ccccc1. The third-order valence-corrected chi connectivity index (χ3v) is 5.46. The number of rotatable bonds is 9. The lowest BCUT2D eigenvalue weighted by Crippen LogP contribution is -2.40. The van der Waals surface area contributed by atoms with Gasteiger partial charge in [0.05, 0.1) is 18.2 Å². The van der Waals surface area contributed by atoms with Crippen LogP contribution in [0.25, 0.3) is 0 Å². The standard InChI is InChI=1S/C25H33ClN2O3/c1-18(2)16-28(25(29)19(3)14-27-15-20-8-5-4-6-9-20)17-21-12-22(26)24-23(13-21)30-10-7-11-31-24/h4-6,8-9,12-13,18-19,27H,7,10-11,14-17H2,1-3H3/t19-/m1/s1. The highest BCUT2D eigenvalue weighted by molar-refractivity contribution is 6.32. The van der Waals surface area contributed by atoms with Crippen LogP contribution in [0.1, 0.15) is 38.3 Å². The summed E-state index contributed by atoms with van der Waals surface area (Å²) >= 11 is 6.46. The van der Waals surface area contributed by atoms with Gasteiger partial charge < -0.3 is 19.7 Å². The van der Waals surface area contributed by atoms with Crippen LogP contribution in [0.2, 0.25) is 5.02 Å². The summed E-state index contributed by atoms with van der Waals surface area (Å²) in [5.74, 6) is 1.64. The molecular weight excluding hydrogens is 412 g/mol. The first-order chi connectivity index (χ1) is 14.9. The highest BCUT2D eigenvalue weighted by atomic mass is 35.5. The molecule has 1 amide bonds. The molecule has 3 rings (SSSR count). The lowest BCUT2D eigenvalue weighted by Gasteiger charge is -2.28. The van der Waals surface area contributed by atoms with Gasteiger partial charge in [-0.25, -0.2) is 0 Å². The number of hydrogen-bond donors (Lipinski definition) is 1. The van der Waals surface area contributed by atoms with E-state index in [1.165, 1.54) is 5.56 Å². The van der Waals surface area contributed by atoms with Crippen molar-refractivity contribution in [3.05, 3.63) is 58.6 Å². The van der Waals surface area contributed by atoms with Crippen LogP contribution < -0.4 is 14.8 Å². The first-order valence-electron chi connectivity index (χ1n) is 11.1. The normalized spacial score (nSPS) is 14.2. The average Bonchev–Trinajstić information content (AvgIpc) is 2.99. The summed E-state index contributed by atoms with van der Waals surface area (Å²) in [6.45, 7) is 9.99. The van der Waals surface area contributed by atoms with Gasteiger partial charge in [-0.3, -0.25) is 4.79 Å². The van der Waals surface area contributed by atoms with E-state index >= 15 is 0 Å². The molecule has 1 heterocycles. The summed E-state index contributed by atoms with van der Waals surface area (Å²) in [4.78, 5) is 15.2. The van der Waals surface area contributed by atoms with E-state index in [4.69, 9.17) is 21.1 Å². The van der Waals surface area contributed by atoms with Gasteiger partial charge in [0.25, 0.3) is 0 Å². The Labute approximate surface area is 190 Å². The zero-order chi connectivity index (χ0) is 22.2. The molecule has 1 aliphatic rings. The number of carbonyl (C=O) groups is 1. The van der Waals surface area contributed by atoms with Crippen molar-refractivity contribution in [3.8, 4) is 11.5 Å². The van der Waals surface area contributed by atoms with Gasteiger partial charge in [0.1, 0.15) is 0 Å². The van der Waals surface area contributed by atoms with Gasteiger partial charge in [-0.05, 0) is 29.2 Å². The Morgan fingerprint density at radius 1 is 1.10 bits per heavy atom. The van der Waals surface area contributed by atoms with Crippen molar-refractivity contribution in [2.45, 2.75) is 40.3 Å². The minimum atomic E-state index is -0.127. The van der Waals surface area contributed by atoms with Crippen molar-refractivity contribution >= 4 is 17.5 Å². The monoisotopic (exact) mass is 444 g/mol. The maximum Gasteiger partial charge on any atom is 0.226 e. The Balaban J connectivity index is 1.65. The summed E-state index contributed by atoms with van der Waals surface area (Å²) in [6, 6.07) is 14.1. The lowest BCUT2D eigenvalue weighted by molar-refractivity contribution is -0.136. The summed E-state index contributed by atoms with van der Waals surface area (Å²) in [7, 11) is 0. The van der Waals surface area contributed by atoms with Crippen molar-refractivity contribution in [2.75, 3.05) is 26.3 Å². The van der Waals surface area contributed by atoms with E-state index in [0.29, 0.717) is 55.3 Å². The predicted octanol–water partition coefficient (Wildman–Crippen LogP) is 4.91. The second-order valence-corrected chi connectivity index (χ2v) is 8.99. The average molecular weight is 445 g/mol.